The highest BCUT2D eigenvalue weighted by Crippen LogP contribution is 2.35. The van der Waals surface area contributed by atoms with E-state index < -0.39 is 6.10 Å². The third-order valence-electron chi connectivity index (χ3n) is 9.25. The Balaban J connectivity index is 3.16. The molecule has 8 atom stereocenters. The minimum absolute atomic E-state index is 0.102. The lowest BCUT2D eigenvalue weighted by Gasteiger charge is -2.34. The van der Waals surface area contributed by atoms with Gasteiger partial charge >= 0.3 is 11.9 Å². The Kier molecular flexibility index (Phi) is 14.4. The molecule has 1 aliphatic heterocycles. The van der Waals surface area contributed by atoms with Gasteiger partial charge in [-0.25, -0.2) is 0 Å². The minimum Gasteiger partial charge on any atom is -0.458 e. The van der Waals surface area contributed by atoms with Crippen LogP contribution in [0.3, 0.4) is 0 Å². The van der Waals surface area contributed by atoms with Gasteiger partial charge in [0.15, 0.2) is 0 Å². The number of aliphatic hydroxyl groups is 1. The first-order chi connectivity index (χ1) is 18.4. The van der Waals surface area contributed by atoms with Gasteiger partial charge in [-0.2, -0.15) is 0 Å². The van der Waals surface area contributed by atoms with Gasteiger partial charge in [-0.1, -0.05) is 100.0 Å². The molecule has 0 spiro atoms. The van der Waals surface area contributed by atoms with Crippen LogP contribution in [-0.4, -0.2) is 35.4 Å². The monoisotopic (exact) mass is 560 g/mol. The molecule has 0 radical (unpaired) electrons. The number of hydrogen-bond donors (Lipinski definition) is 1. The van der Waals surface area contributed by atoms with E-state index in [1.54, 1.807) is 0 Å². The summed E-state index contributed by atoms with van der Waals surface area (Å²) in [5.74, 6) is 0.860. The van der Waals surface area contributed by atoms with E-state index in [0.717, 1.165) is 24.8 Å². The highest BCUT2D eigenvalue weighted by Gasteiger charge is 2.33. The van der Waals surface area contributed by atoms with Crippen molar-refractivity contribution in [3.8, 4) is 0 Å². The maximum absolute atomic E-state index is 12.9. The van der Waals surface area contributed by atoms with Gasteiger partial charge in [0.25, 0.3) is 0 Å². The summed E-state index contributed by atoms with van der Waals surface area (Å²) in [6.45, 7) is 24.9. The Morgan fingerprint density at radius 2 is 1.80 bits per heavy atom. The lowest BCUT2D eigenvalue weighted by atomic mass is 9.75. The number of esters is 2. The number of ether oxygens (including phenoxy) is 2. The SMILES string of the molecule is CCC(C)C(C)C(C)C(O)CC(C)(C)/C=C/C=C(\C)C1OC(=O)CC(C)CCC(C)(C)C(OC(C)=O)/C=C/C1C. The van der Waals surface area contributed by atoms with Crippen LogP contribution in [0.15, 0.2) is 36.0 Å². The first-order valence-electron chi connectivity index (χ1n) is 15.5. The van der Waals surface area contributed by atoms with Crippen LogP contribution in [0, 0.1) is 40.4 Å². The summed E-state index contributed by atoms with van der Waals surface area (Å²) in [5, 5.41) is 11.0. The number of carbonyl (C=O) groups excluding carboxylic acids is 2. The van der Waals surface area contributed by atoms with E-state index in [2.05, 4.69) is 68.4 Å². The molecule has 0 aliphatic carbocycles. The van der Waals surface area contributed by atoms with Crippen molar-refractivity contribution in [3.05, 3.63) is 36.0 Å². The zero-order valence-corrected chi connectivity index (χ0v) is 27.6. The molecule has 0 fully saturated rings. The first-order valence-corrected chi connectivity index (χ1v) is 15.5. The number of rotatable bonds is 10. The molecule has 40 heavy (non-hydrogen) atoms. The summed E-state index contributed by atoms with van der Waals surface area (Å²) in [5.41, 5.74) is 0.513. The van der Waals surface area contributed by atoms with Gasteiger partial charge in [-0.05, 0) is 66.9 Å². The molecule has 230 valence electrons. The smallest absolute Gasteiger partial charge is 0.306 e. The molecule has 0 aromatic heterocycles. The Hall–Kier alpha value is -1.88. The zero-order chi connectivity index (χ0) is 30.8. The molecule has 1 rings (SSSR count). The minimum atomic E-state index is -0.425. The molecule has 0 bridgehead atoms. The second-order valence-electron chi connectivity index (χ2n) is 14.2. The molecule has 5 nitrogen and oxygen atoms in total. The van der Waals surface area contributed by atoms with Crippen LogP contribution in [0.2, 0.25) is 0 Å². The Labute approximate surface area is 245 Å². The van der Waals surface area contributed by atoms with Crippen LogP contribution >= 0.6 is 0 Å². The molecule has 0 saturated heterocycles. The Morgan fingerprint density at radius 1 is 1.18 bits per heavy atom. The molecule has 8 unspecified atom stereocenters. The van der Waals surface area contributed by atoms with Crippen molar-refractivity contribution in [2.75, 3.05) is 0 Å². The normalized spacial score (nSPS) is 28.9. The standard InChI is InChI=1S/C35H60O5/c1-13-24(3)27(6)28(7)30(37)22-34(9,10)19-14-15-25(4)33-26(5)16-17-31(39-29(8)36)35(11,12)20-18-23(2)21-32(38)40-33/h14-17,19,23-24,26-28,30-31,33,37H,13,18,20-22H2,1-12H3/b17-16+,19-14+,25-15+. The van der Waals surface area contributed by atoms with Gasteiger partial charge < -0.3 is 14.6 Å². The molecule has 0 saturated carbocycles. The summed E-state index contributed by atoms with van der Waals surface area (Å²) < 4.78 is 11.7. The van der Waals surface area contributed by atoms with Crippen molar-refractivity contribution in [1.82, 2.24) is 0 Å². The highest BCUT2D eigenvalue weighted by molar-refractivity contribution is 5.70. The van der Waals surface area contributed by atoms with Gasteiger partial charge in [-0.15, -0.1) is 0 Å². The molecule has 1 N–H and O–H groups in total. The van der Waals surface area contributed by atoms with Gasteiger partial charge in [0.2, 0.25) is 0 Å². The fourth-order valence-electron chi connectivity index (χ4n) is 5.56. The third kappa shape index (κ3) is 11.9. The molecule has 5 heteroatoms. The summed E-state index contributed by atoms with van der Waals surface area (Å²) in [7, 11) is 0. The van der Waals surface area contributed by atoms with Crippen molar-refractivity contribution in [1.29, 1.82) is 0 Å². The van der Waals surface area contributed by atoms with E-state index >= 15 is 0 Å². The van der Waals surface area contributed by atoms with Crippen LogP contribution in [0.25, 0.3) is 0 Å². The number of cyclic esters (lactones) is 1. The second kappa shape index (κ2) is 15.9. The molecule has 1 heterocycles. The topological polar surface area (TPSA) is 72.8 Å². The van der Waals surface area contributed by atoms with Crippen LogP contribution in [0.4, 0.5) is 0 Å². The molecule has 0 aromatic carbocycles. The number of allylic oxidation sites excluding steroid dienone is 3. The highest BCUT2D eigenvalue weighted by atomic mass is 16.5. The molecule has 1 aliphatic rings. The second-order valence-corrected chi connectivity index (χ2v) is 14.2. The van der Waals surface area contributed by atoms with E-state index in [4.69, 9.17) is 9.47 Å². The maximum Gasteiger partial charge on any atom is 0.306 e. The van der Waals surface area contributed by atoms with Gasteiger partial charge in [0, 0.05) is 24.7 Å². The molecule has 0 aromatic rings. The van der Waals surface area contributed by atoms with Crippen molar-refractivity contribution < 1.29 is 24.2 Å². The van der Waals surface area contributed by atoms with E-state index in [1.165, 1.54) is 6.92 Å². The summed E-state index contributed by atoms with van der Waals surface area (Å²) in [6.07, 6.45) is 12.9. The van der Waals surface area contributed by atoms with E-state index in [1.807, 2.05) is 38.2 Å². The van der Waals surface area contributed by atoms with Gasteiger partial charge in [-0.3, -0.25) is 9.59 Å². The number of hydrogen-bond acceptors (Lipinski definition) is 5. The largest absolute Gasteiger partial charge is 0.458 e. The first kappa shape index (κ1) is 36.1. The van der Waals surface area contributed by atoms with Crippen molar-refractivity contribution in [2.24, 2.45) is 40.4 Å². The van der Waals surface area contributed by atoms with Crippen LogP contribution in [0.1, 0.15) is 115 Å². The summed E-state index contributed by atoms with van der Waals surface area (Å²) in [4.78, 5) is 24.8. The van der Waals surface area contributed by atoms with Crippen molar-refractivity contribution >= 4 is 11.9 Å². The summed E-state index contributed by atoms with van der Waals surface area (Å²) in [6, 6.07) is 0. The fourth-order valence-corrected chi connectivity index (χ4v) is 5.56. The zero-order valence-electron chi connectivity index (χ0n) is 27.6. The third-order valence-corrected chi connectivity index (χ3v) is 9.25. The Morgan fingerprint density at radius 3 is 2.38 bits per heavy atom. The van der Waals surface area contributed by atoms with Crippen LogP contribution in [-0.2, 0) is 19.1 Å². The lowest BCUT2D eigenvalue weighted by Crippen LogP contribution is -2.34. The van der Waals surface area contributed by atoms with E-state index in [0.29, 0.717) is 24.7 Å². The average Bonchev–Trinajstić information content (AvgIpc) is 2.85. The van der Waals surface area contributed by atoms with Crippen LogP contribution < -0.4 is 0 Å². The fraction of sp³-hybridized carbons (Fsp3) is 0.771. The molecular formula is C35H60O5. The predicted molar refractivity (Wildman–Crippen MR) is 166 cm³/mol. The van der Waals surface area contributed by atoms with Crippen molar-refractivity contribution in [3.63, 3.8) is 0 Å². The summed E-state index contributed by atoms with van der Waals surface area (Å²) >= 11 is 0. The lowest BCUT2D eigenvalue weighted by molar-refractivity contribution is -0.150. The van der Waals surface area contributed by atoms with Crippen molar-refractivity contribution in [2.45, 2.75) is 134 Å². The Bertz CT molecular complexity index is 895. The van der Waals surface area contributed by atoms with Crippen LogP contribution in [0.5, 0.6) is 0 Å². The van der Waals surface area contributed by atoms with Gasteiger partial charge in [0.1, 0.15) is 12.2 Å². The number of carbonyl (C=O) groups is 2. The molecule has 0 amide bonds. The van der Waals surface area contributed by atoms with E-state index in [9.17, 15) is 14.7 Å². The van der Waals surface area contributed by atoms with Gasteiger partial charge in [0.05, 0.1) is 6.10 Å². The maximum atomic E-state index is 12.9. The average molecular weight is 561 g/mol. The molecular weight excluding hydrogens is 500 g/mol. The van der Waals surface area contributed by atoms with E-state index in [-0.39, 0.29) is 52.7 Å². The predicted octanol–water partition coefficient (Wildman–Crippen LogP) is 8.47. The number of aliphatic hydroxyl groups excluding tert-OH is 1. The quantitative estimate of drug-likeness (QED) is 0.165.